The van der Waals surface area contributed by atoms with Crippen molar-refractivity contribution in [2.75, 3.05) is 33.4 Å². The summed E-state index contributed by atoms with van der Waals surface area (Å²) >= 11 is 0. The molecule has 0 saturated carbocycles. The van der Waals surface area contributed by atoms with E-state index in [0.717, 1.165) is 32.5 Å². The molecule has 2 aliphatic heterocycles. The number of rotatable bonds is 6. The number of benzene rings is 2. The Morgan fingerprint density at radius 1 is 1.10 bits per heavy atom. The van der Waals surface area contributed by atoms with Crippen molar-refractivity contribution in [3.8, 4) is 6.07 Å². The van der Waals surface area contributed by atoms with E-state index in [1.807, 2.05) is 29.2 Å². The van der Waals surface area contributed by atoms with Gasteiger partial charge in [-0.2, -0.15) is 5.26 Å². The number of carbonyl (C=O) groups is 1. The third kappa shape index (κ3) is 3.98. The van der Waals surface area contributed by atoms with E-state index in [4.69, 9.17) is 10.00 Å². The summed E-state index contributed by atoms with van der Waals surface area (Å²) in [5, 5.41) is 9.06. The fourth-order valence-electron chi connectivity index (χ4n) is 5.18. The number of fused-ring (bicyclic) bond motifs is 1. The molecule has 4 rings (SSSR count). The summed E-state index contributed by atoms with van der Waals surface area (Å²) in [5.41, 5.74) is 3.20. The molecule has 2 atom stereocenters. The second kappa shape index (κ2) is 8.99. The minimum atomic E-state index is -0.00859. The lowest BCUT2D eigenvalue weighted by atomic mass is 9.71. The maximum atomic E-state index is 13.1. The Balaban J connectivity index is 1.63. The van der Waals surface area contributed by atoms with Gasteiger partial charge in [-0.15, -0.1) is 0 Å². The number of amides is 1. The van der Waals surface area contributed by atoms with Gasteiger partial charge >= 0.3 is 0 Å². The van der Waals surface area contributed by atoms with E-state index in [1.54, 1.807) is 7.11 Å². The first-order valence-electron chi connectivity index (χ1n) is 10.7. The molecular formula is C25H29N3O2. The van der Waals surface area contributed by atoms with Gasteiger partial charge in [0, 0.05) is 44.6 Å². The molecule has 0 radical (unpaired) electrons. The van der Waals surface area contributed by atoms with Crippen LogP contribution in [0.1, 0.15) is 36.0 Å². The molecule has 30 heavy (non-hydrogen) atoms. The molecule has 0 N–H and O–H groups in total. The number of hydrogen-bond donors (Lipinski definition) is 0. The van der Waals surface area contributed by atoms with E-state index < -0.39 is 0 Å². The van der Waals surface area contributed by atoms with Gasteiger partial charge in [0.25, 0.3) is 0 Å². The molecule has 5 heteroatoms. The third-order valence-electron chi connectivity index (χ3n) is 6.86. The van der Waals surface area contributed by atoms with E-state index in [-0.39, 0.29) is 17.4 Å². The minimum Gasteiger partial charge on any atom is -0.383 e. The lowest BCUT2D eigenvalue weighted by Crippen LogP contribution is -2.43. The van der Waals surface area contributed by atoms with Crippen LogP contribution in [0.15, 0.2) is 54.6 Å². The number of carbonyl (C=O) groups excluding carboxylic acids is 1. The van der Waals surface area contributed by atoms with Crippen LogP contribution >= 0.6 is 0 Å². The topological polar surface area (TPSA) is 56.6 Å². The second-order valence-electron chi connectivity index (χ2n) is 8.39. The fraction of sp³-hybridized carbons (Fsp3) is 0.440. The summed E-state index contributed by atoms with van der Waals surface area (Å²) in [7, 11) is 1.68. The van der Waals surface area contributed by atoms with Crippen LogP contribution in [0.2, 0.25) is 0 Å². The summed E-state index contributed by atoms with van der Waals surface area (Å²) < 4.78 is 5.23. The number of nitriles is 1. The summed E-state index contributed by atoms with van der Waals surface area (Å²) in [6.45, 7) is 3.78. The molecule has 2 heterocycles. The lowest BCUT2D eigenvalue weighted by molar-refractivity contribution is -0.132. The Morgan fingerprint density at radius 2 is 1.83 bits per heavy atom. The monoisotopic (exact) mass is 403 g/mol. The van der Waals surface area contributed by atoms with Crippen LogP contribution in [-0.4, -0.2) is 55.1 Å². The highest BCUT2D eigenvalue weighted by molar-refractivity contribution is 5.77. The Labute approximate surface area is 178 Å². The van der Waals surface area contributed by atoms with Gasteiger partial charge in [-0.25, -0.2) is 0 Å². The molecule has 5 nitrogen and oxygen atoms in total. The molecule has 2 fully saturated rings. The van der Waals surface area contributed by atoms with Gasteiger partial charge in [-0.3, -0.25) is 9.69 Å². The molecule has 2 aliphatic rings. The molecule has 0 spiro atoms. The zero-order valence-electron chi connectivity index (χ0n) is 17.6. The Morgan fingerprint density at radius 3 is 2.53 bits per heavy atom. The zero-order chi connectivity index (χ0) is 21.0. The lowest BCUT2D eigenvalue weighted by Gasteiger charge is -2.37. The average molecular weight is 404 g/mol. The molecule has 1 amide bonds. The number of ether oxygens (including phenoxy) is 1. The third-order valence-corrected chi connectivity index (χ3v) is 6.86. The molecule has 2 aromatic rings. The van der Waals surface area contributed by atoms with Crippen LogP contribution in [0.5, 0.6) is 0 Å². The standard InChI is InChI=1S/C25H29N3O2/c1-30-16-15-27-13-11-25(22-5-3-2-4-6-22)12-14-28(23(25)17-24(27)29)19-21-9-7-20(18-26)8-10-21/h2-10,23H,11-17,19H2,1H3/t23-,25+/m0/s1. The maximum Gasteiger partial charge on any atom is 0.224 e. The molecule has 0 aromatic heterocycles. The van der Waals surface area contributed by atoms with Gasteiger partial charge in [0.15, 0.2) is 0 Å². The van der Waals surface area contributed by atoms with E-state index in [9.17, 15) is 4.79 Å². The van der Waals surface area contributed by atoms with Crippen LogP contribution in [0.25, 0.3) is 0 Å². The molecule has 0 aliphatic carbocycles. The van der Waals surface area contributed by atoms with Crippen LogP contribution in [0, 0.1) is 11.3 Å². The highest BCUT2D eigenvalue weighted by Crippen LogP contribution is 2.46. The number of likely N-dealkylation sites (tertiary alicyclic amines) is 2. The van der Waals surface area contributed by atoms with E-state index in [2.05, 4.69) is 41.3 Å². The molecule has 2 aromatic carbocycles. The first-order chi connectivity index (χ1) is 14.7. The van der Waals surface area contributed by atoms with Crippen molar-refractivity contribution in [2.45, 2.75) is 37.3 Å². The number of methoxy groups -OCH3 is 1. The molecule has 156 valence electrons. The normalized spacial score (nSPS) is 24.3. The van der Waals surface area contributed by atoms with Crippen molar-refractivity contribution in [3.05, 3.63) is 71.3 Å². The predicted octanol–water partition coefficient (Wildman–Crippen LogP) is 3.34. The zero-order valence-corrected chi connectivity index (χ0v) is 17.6. The van der Waals surface area contributed by atoms with Crippen LogP contribution < -0.4 is 0 Å². The van der Waals surface area contributed by atoms with Crippen molar-refractivity contribution in [1.29, 1.82) is 5.26 Å². The van der Waals surface area contributed by atoms with E-state index in [1.165, 1.54) is 11.1 Å². The molecule has 2 saturated heterocycles. The summed E-state index contributed by atoms with van der Waals surface area (Å²) in [5.74, 6) is 0.224. The SMILES string of the molecule is COCCN1CC[C@]2(c3ccccc3)CCN(Cc3ccc(C#N)cc3)[C@H]2CC1=O. The number of nitrogens with zero attached hydrogens (tertiary/aromatic N) is 3. The maximum absolute atomic E-state index is 13.1. The number of hydrogen-bond acceptors (Lipinski definition) is 4. The second-order valence-corrected chi connectivity index (χ2v) is 8.39. The fourth-order valence-corrected chi connectivity index (χ4v) is 5.18. The van der Waals surface area contributed by atoms with Gasteiger partial charge < -0.3 is 9.64 Å². The van der Waals surface area contributed by atoms with Gasteiger partial charge in [0.2, 0.25) is 5.91 Å². The van der Waals surface area contributed by atoms with Gasteiger partial charge in [0.1, 0.15) is 0 Å². The predicted molar refractivity (Wildman–Crippen MR) is 116 cm³/mol. The Bertz CT molecular complexity index is 906. The van der Waals surface area contributed by atoms with E-state index in [0.29, 0.717) is 25.1 Å². The first-order valence-corrected chi connectivity index (χ1v) is 10.7. The van der Waals surface area contributed by atoms with Crippen molar-refractivity contribution < 1.29 is 9.53 Å². The quantitative estimate of drug-likeness (QED) is 0.742. The van der Waals surface area contributed by atoms with Crippen LogP contribution in [0.4, 0.5) is 0 Å². The van der Waals surface area contributed by atoms with Crippen molar-refractivity contribution in [1.82, 2.24) is 9.80 Å². The van der Waals surface area contributed by atoms with E-state index >= 15 is 0 Å². The Kier molecular flexibility index (Phi) is 6.17. The van der Waals surface area contributed by atoms with Crippen LogP contribution in [-0.2, 0) is 21.5 Å². The molecule has 0 bridgehead atoms. The van der Waals surface area contributed by atoms with Gasteiger partial charge in [-0.05, 0) is 42.6 Å². The van der Waals surface area contributed by atoms with Gasteiger partial charge in [-0.1, -0.05) is 42.5 Å². The van der Waals surface area contributed by atoms with Crippen LogP contribution in [0.3, 0.4) is 0 Å². The highest BCUT2D eigenvalue weighted by atomic mass is 16.5. The van der Waals surface area contributed by atoms with Crippen molar-refractivity contribution in [3.63, 3.8) is 0 Å². The largest absolute Gasteiger partial charge is 0.383 e. The smallest absolute Gasteiger partial charge is 0.224 e. The van der Waals surface area contributed by atoms with Gasteiger partial charge in [0.05, 0.1) is 18.2 Å². The molecular weight excluding hydrogens is 374 g/mol. The Hall–Kier alpha value is -2.68. The highest BCUT2D eigenvalue weighted by Gasteiger charge is 2.50. The average Bonchev–Trinajstić information content (AvgIpc) is 3.05. The first kappa shape index (κ1) is 20.6. The summed E-state index contributed by atoms with van der Waals surface area (Å²) in [4.78, 5) is 17.6. The van der Waals surface area contributed by atoms with Crippen molar-refractivity contribution >= 4 is 5.91 Å². The summed E-state index contributed by atoms with van der Waals surface area (Å²) in [6, 6.07) is 20.9. The minimum absolute atomic E-state index is 0.00859. The van der Waals surface area contributed by atoms with Crippen molar-refractivity contribution in [2.24, 2.45) is 0 Å². The summed E-state index contributed by atoms with van der Waals surface area (Å²) in [6.07, 6.45) is 2.57. The molecule has 0 unspecified atom stereocenters.